The van der Waals surface area contributed by atoms with Gasteiger partial charge in [0.15, 0.2) is 0 Å². The Bertz CT molecular complexity index is 288. The Kier molecular flexibility index (Phi) is 1.91. The van der Waals surface area contributed by atoms with Crippen LogP contribution in [0.3, 0.4) is 0 Å². The number of rotatable bonds is 2. The van der Waals surface area contributed by atoms with Crippen LogP contribution < -0.4 is 5.73 Å². The largest absolute Gasteiger partial charge is 0.366 e. The van der Waals surface area contributed by atoms with Gasteiger partial charge in [0.2, 0.25) is 5.91 Å². The minimum absolute atomic E-state index is 0.129. The first kappa shape index (κ1) is 7.33. The zero-order valence-electron chi connectivity index (χ0n) is 5.52. The maximum Gasteiger partial charge on any atom is 0.297 e. The van der Waals surface area contributed by atoms with Crippen LogP contribution in [0, 0.1) is 0 Å². The van der Waals surface area contributed by atoms with E-state index in [4.69, 9.17) is 5.73 Å². The summed E-state index contributed by atoms with van der Waals surface area (Å²) in [7, 11) is 0. The highest BCUT2D eigenvalue weighted by Gasteiger charge is 2.09. The molecule has 2 amide bonds. The number of amides is 2. The number of hydrogen-bond donors (Lipinski definition) is 1. The van der Waals surface area contributed by atoms with Crippen LogP contribution in [0.1, 0.15) is 0 Å². The second kappa shape index (κ2) is 2.87. The summed E-state index contributed by atoms with van der Waals surface area (Å²) in [5.41, 5.74) is 4.91. The van der Waals surface area contributed by atoms with Crippen LogP contribution in [0.4, 0.5) is 0 Å². The van der Waals surface area contributed by atoms with Crippen LogP contribution in [0.25, 0.3) is 0 Å². The maximum absolute atomic E-state index is 10.7. The van der Waals surface area contributed by atoms with E-state index in [1.807, 2.05) is 0 Å². The van der Waals surface area contributed by atoms with Crippen LogP contribution in [0.2, 0.25) is 0 Å². The van der Waals surface area contributed by atoms with E-state index in [-0.39, 0.29) is 5.71 Å². The molecule has 0 saturated carbocycles. The molecule has 0 spiro atoms. The van der Waals surface area contributed by atoms with Crippen molar-refractivity contribution >= 4 is 23.9 Å². The van der Waals surface area contributed by atoms with E-state index >= 15 is 0 Å². The second-order valence-electron chi connectivity index (χ2n) is 1.80. The van der Waals surface area contributed by atoms with Crippen LogP contribution in [-0.2, 0) is 9.59 Å². The molecule has 0 atom stereocenters. The van der Waals surface area contributed by atoms with Crippen molar-refractivity contribution in [1.82, 2.24) is 0 Å². The Morgan fingerprint density at radius 2 is 2.36 bits per heavy atom. The molecule has 0 fully saturated rings. The van der Waals surface area contributed by atoms with Crippen molar-refractivity contribution in [3.8, 4) is 0 Å². The number of nitrogens with two attached hydrogens (primary N) is 1. The van der Waals surface area contributed by atoms with E-state index in [1.54, 1.807) is 0 Å². The van der Waals surface area contributed by atoms with Gasteiger partial charge in [0.05, 0.1) is 0 Å². The van der Waals surface area contributed by atoms with E-state index in [0.29, 0.717) is 0 Å². The Morgan fingerprint density at radius 1 is 1.64 bits per heavy atom. The molecule has 1 aliphatic heterocycles. The summed E-state index contributed by atoms with van der Waals surface area (Å²) in [6.07, 6.45) is 3.42. The topological polar surface area (TPSA) is 84.9 Å². The molecule has 0 aromatic heterocycles. The van der Waals surface area contributed by atoms with Gasteiger partial charge in [-0.1, -0.05) is 0 Å². The van der Waals surface area contributed by atoms with Gasteiger partial charge in [0.25, 0.3) is 5.91 Å². The molecule has 5 heteroatoms. The number of primary amides is 1. The van der Waals surface area contributed by atoms with Gasteiger partial charge >= 0.3 is 0 Å². The van der Waals surface area contributed by atoms with Gasteiger partial charge in [-0.25, -0.2) is 4.99 Å². The Balaban J connectivity index is 2.66. The number of hydrogen-bond acceptors (Lipinski definition) is 3. The Hall–Kier alpha value is -1.78. The predicted octanol–water partition coefficient (Wildman–Crippen LogP) is -0.963. The molecule has 0 radical (unpaired) electrons. The fraction of sp³-hybridized carbons (Fsp3) is 0. The first-order chi connectivity index (χ1) is 5.20. The van der Waals surface area contributed by atoms with Crippen molar-refractivity contribution in [1.29, 1.82) is 0 Å². The monoisotopic (exact) mass is 151 g/mol. The molecular weight excluding hydrogens is 146 g/mol. The molecule has 0 bridgehead atoms. The van der Waals surface area contributed by atoms with Crippen molar-refractivity contribution in [2.24, 2.45) is 15.7 Å². The number of nitrogens with zero attached hydrogens (tertiary/aromatic N) is 2. The SMILES string of the molecule is NC(=O)C=CC1=NC=NC1=O. The molecule has 11 heavy (non-hydrogen) atoms. The second-order valence-corrected chi connectivity index (χ2v) is 1.80. The minimum Gasteiger partial charge on any atom is -0.366 e. The summed E-state index contributed by atoms with van der Waals surface area (Å²) in [5.74, 6) is -1.07. The molecule has 0 aliphatic carbocycles. The van der Waals surface area contributed by atoms with Crippen LogP contribution in [0.15, 0.2) is 22.1 Å². The lowest BCUT2D eigenvalue weighted by atomic mass is 10.3. The van der Waals surface area contributed by atoms with Gasteiger partial charge in [-0.2, -0.15) is 4.99 Å². The van der Waals surface area contributed by atoms with E-state index in [0.717, 1.165) is 12.4 Å². The summed E-state index contributed by atoms with van der Waals surface area (Å²) < 4.78 is 0. The summed E-state index contributed by atoms with van der Waals surface area (Å²) in [5, 5.41) is 0. The third-order valence-corrected chi connectivity index (χ3v) is 0.996. The highest BCUT2D eigenvalue weighted by molar-refractivity contribution is 6.48. The number of aliphatic imine (C=N–C) groups is 2. The van der Waals surface area contributed by atoms with Crippen LogP contribution >= 0.6 is 0 Å². The fourth-order valence-electron chi connectivity index (χ4n) is 0.540. The van der Waals surface area contributed by atoms with Gasteiger partial charge in [-0.05, 0) is 6.08 Å². The number of carbonyl (C=O) groups is 2. The molecule has 1 rings (SSSR count). The molecular formula is C6H5N3O2. The summed E-state index contributed by atoms with van der Waals surface area (Å²) in [6, 6.07) is 0. The minimum atomic E-state index is -0.618. The summed E-state index contributed by atoms with van der Waals surface area (Å²) >= 11 is 0. The van der Waals surface area contributed by atoms with Crippen molar-refractivity contribution in [2.75, 3.05) is 0 Å². The average molecular weight is 151 g/mol. The molecule has 56 valence electrons. The van der Waals surface area contributed by atoms with E-state index in [9.17, 15) is 9.59 Å². The third-order valence-electron chi connectivity index (χ3n) is 0.996. The van der Waals surface area contributed by atoms with Gasteiger partial charge in [-0.15, -0.1) is 0 Å². The van der Waals surface area contributed by atoms with E-state index in [2.05, 4.69) is 9.98 Å². The lowest BCUT2D eigenvalue weighted by Gasteiger charge is -1.83. The third kappa shape index (κ3) is 1.82. The molecule has 5 nitrogen and oxygen atoms in total. The zero-order chi connectivity index (χ0) is 8.27. The highest BCUT2D eigenvalue weighted by Crippen LogP contribution is 1.92. The van der Waals surface area contributed by atoms with Gasteiger partial charge in [0, 0.05) is 6.08 Å². The molecule has 1 heterocycles. The maximum atomic E-state index is 10.7. The first-order valence-corrected chi connectivity index (χ1v) is 2.82. The normalized spacial score (nSPS) is 16.0. The van der Waals surface area contributed by atoms with Crippen molar-refractivity contribution in [3.05, 3.63) is 12.2 Å². The van der Waals surface area contributed by atoms with E-state index in [1.165, 1.54) is 6.08 Å². The molecule has 0 unspecified atom stereocenters. The van der Waals surface area contributed by atoms with E-state index < -0.39 is 11.8 Å². The first-order valence-electron chi connectivity index (χ1n) is 2.82. The van der Waals surface area contributed by atoms with Gasteiger partial charge in [0.1, 0.15) is 12.1 Å². The smallest absolute Gasteiger partial charge is 0.297 e. The molecule has 0 saturated heterocycles. The number of carbonyl (C=O) groups excluding carboxylic acids is 2. The average Bonchev–Trinajstić information content (AvgIpc) is 2.31. The zero-order valence-corrected chi connectivity index (χ0v) is 5.52. The molecule has 1 aliphatic rings. The van der Waals surface area contributed by atoms with Gasteiger partial charge < -0.3 is 5.73 Å². The van der Waals surface area contributed by atoms with Crippen molar-refractivity contribution < 1.29 is 9.59 Å². The fourth-order valence-corrected chi connectivity index (χ4v) is 0.540. The van der Waals surface area contributed by atoms with Crippen LogP contribution in [-0.4, -0.2) is 23.9 Å². The lowest BCUT2D eigenvalue weighted by Crippen LogP contribution is -2.09. The Morgan fingerprint density at radius 3 is 2.82 bits per heavy atom. The lowest BCUT2D eigenvalue weighted by molar-refractivity contribution is -0.113. The van der Waals surface area contributed by atoms with Gasteiger partial charge in [-0.3, -0.25) is 9.59 Å². The Labute approximate surface area is 62.3 Å². The highest BCUT2D eigenvalue weighted by atomic mass is 16.2. The summed E-state index contributed by atoms with van der Waals surface area (Å²) in [6.45, 7) is 0. The standard InChI is InChI=1S/C6H5N3O2/c7-5(10)2-1-4-6(11)9-3-8-4/h1-3H,(H2,7,10). The van der Waals surface area contributed by atoms with Crippen molar-refractivity contribution in [3.63, 3.8) is 0 Å². The predicted molar refractivity (Wildman–Crippen MR) is 39.3 cm³/mol. The molecule has 0 aromatic rings. The summed E-state index contributed by atoms with van der Waals surface area (Å²) in [4.78, 5) is 27.7. The quantitative estimate of drug-likeness (QED) is 0.515. The van der Waals surface area contributed by atoms with Crippen LogP contribution in [0.5, 0.6) is 0 Å². The molecule has 0 aromatic carbocycles. The molecule has 2 N–H and O–H groups in total. The van der Waals surface area contributed by atoms with Crippen molar-refractivity contribution in [2.45, 2.75) is 0 Å².